The third kappa shape index (κ3) is 6.27. The number of carbonyl (C=O) groups excluding carboxylic acids is 2. The molecule has 0 saturated heterocycles. The van der Waals surface area contributed by atoms with E-state index in [1.54, 1.807) is 42.5 Å². The minimum atomic E-state index is -0.522. The lowest BCUT2D eigenvalue weighted by molar-refractivity contribution is -0.120. The number of hydrogen-bond donors (Lipinski definition) is 1. The molecule has 0 heterocycles. The van der Waals surface area contributed by atoms with Gasteiger partial charge in [0.2, 0.25) is 5.91 Å². The van der Waals surface area contributed by atoms with E-state index in [9.17, 15) is 9.59 Å². The van der Waals surface area contributed by atoms with Crippen LogP contribution in [-0.4, -0.2) is 18.1 Å². The van der Waals surface area contributed by atoms with Gasteiger partial charge < -0.3 is 4.74 Å². The Bertz CT molecular complexity index is 1040. The predicted octanol–water partition coefficient (Wildman–Crippen LogP) is 5.01. The van der Waals surface area contributed by atoms with Crippen LogP contribution in [0.15, 0.2) is 82.4 Å². The summed E-state index contributed by atoms with van der Waals surface area (Å²) in [5.41, 5.74) is 4.27. The summed E-state index contributed by atoms with van der Waals surface area (Å²) >= 11 is 9.22. The van der Waals surface area contributed by atoms with Crippen LogP contribution < -0.4 is 10.2 Å². The normalized spacial score (nSPS) is 10.7. The maximum atomic E-state index is 12.4. The SMILES string of the molecule is O=C(Cc1ccccc1)N/N=C\c1cc(Br)ccc1OC(=O)c1ccc(Cl)cc1. The largest absolute Gasteiger partial charge is 0.422 e. The number of ether oxygens (including phenoxy) is 1. The number of hydrogen-bond acceptors (Lipinski definition) is 4. The fourth-order valence-corrected chi connectivity index (χ4v) is 2.96. The first-order chi connectivity index (χ1) is 14.0. The monoisotopic (exact) mass is 470 g/mol. The topological polar surface area (TPSA) is 67.8 Å². The van der Waals surface area contributed by atoms with Crippen molar-refractivity contribution >= 4 is 45.6 Å². The average molecular weight is 472 g/mol. The van der Waals surface area contributed by atoms with Gasteiger partial charge in [-0.25, -0.2) is 10.2 Å². The van der Waals surface area contributed by atoms with Crippen molar-refractivity contribution in [2.45, 2.75) is 6.42 Å². The molecule has 1 amide bonds. The number of hydrazone groups is 1. The standard InChI is InChI=1S/C22H16BrClN2O3/c23-18-8-11-20(29-22(28)16-6-9-19(24)10-7-16)17(13-18)14-25-26-21(27)12-15-4-2-1-3-5-15/h1-11,13-14H,12H2,(H,26,27)/b25-14-. The Hall–Kier alpha value is -2.96. The van der Waals surface area contributed by atoms with Gasteiger partial charge >= 0.3 is 5.97 Å². The van der Waals surface area contributed by atoms with E-state index in [1.165, 1.54) is 6.21 Å². The third-order valence-corrected chi connectivity index (χ3v) is 4.60. The molecule has 0 aliphatic heterocycles. The molecule has 0 aliphatic rings. The maximum absolute atomic E-state index is 12.4. The molecule has 0 aromatic heterocycles. The fraction of sp³-hybridized carbons (Fsp3) is 0.0455. The van der Waals surface area contributed by atoms with Gasteiger partial charge in [-0.1, -0.05) is 57.9 Å². The first kappa shape index (κ1) is 20.8. The van der Waals surface area contributed by atoms with E-state index < -0.39 is 5.97 Å². The van der Waals surface area contributed by atoms with E-state index in [-0.39, 0.29) is 12.3 Å². The second-order valence-electron chi connectivity index (χ2n) is 6.03. The Balaban J connectivity index is 1.68. The van der Waals surface area contributed by atoms with Crippen molar-refractivity contribution in [2.24, 2.45) is 5.10 Å². The van der Waals surface area contributed by atoms with Gasteiger partial charge in [0.15, 0.2) is 0 Å². The molecular formula is C22H16BrClN2O3. The minimum absolute atomic E-state index is 0.217. The van der Waals surface area contributed by atoms with Crippen LogP contribution >= 0.6 is 27.5 Å². The van der Waals surface area contributed by atoms with Crippen LogP contribution in [0.25, 0.3) is 0 Å². The Kier molecular flexibility index (Phi) is 7.16. The third-order valence-electron chi connectivity index (χ3n) is 3.85. The molecule has 0 unspecified atom stereocenters. The molecular weight excluding hydrogens is 456 g/mol. The minimum Gasteiger partial charge on any atom is -0.422 e. The van der Waals surface area contributed by atoms with Crippen molar-refractivity contribution in [3.8, 4) is 5.75 Å². The lowest BCUT2D eigenvalue weighted by Gasteiger charge is -2.08. The van der Waals surface area contributed by atoms with Crippen molar-refractivity contribution < 1.29 is 14.3 Å². The van der Waals surface area contributed by atoms with Crippen LogP contribution in [0.4, 0.5) is 0 Å². The zero-order chi connectivity index (χ0) is 20.6. The van der Waals surface area contributed by atoms with Crippen molar-refractivity contribution in [3.63, 3.8) is 0 Å². The first-order valence-corrected chi connectivity index (χ1v) is 9.81. The molecule has 0 spiro atoms. The molecule has 0 bridgehead atoms. The molecule has 3 rings (SSSR count). The fourth-order valence-electron chi connectivity index (χ4n) is 2.45. The van der Waals surface area contributed by atoms with Crippen LogP contribution in [0.1, 0.15) is 21.5 Å². The van der Waals surface area contributed by atoms with Crippen molar-refractivity contribution in [1.29, 1.82) is 0 Å². The number of nitrogens with zero attached hydrogens (tertiary/aromatic N) is 1. The lowest BCUT2D eigenvalue weighted by atomic mass is 10.1. The number of esters is 1. The Labute approximate surface area is 181 Å². The number of benzene rings is 3. The van der Waals surface area contributed by atoms with Gasteiger partial charge in [0.1, 0.15) is 5.75 Å². The Morgan fingerprint density at radius 1 is 1.03 bits per heavy atom. The zero-order valence-corrected chi connectivity index (χ0v) is 17.5. The average Bonchev–Trinajstić information content (AvgIpc) is 2.71. The van der Waals surface area contributed by atoms with E-state index in [2.05, 4.69) is 26.5 Å². The quantitative estimate of drug-likeness (QED) is 0.238. The maximum Gasteiger partial charge on any atom is 0.343 e. The molecule has 3 aromatic carbocycles. The Morgan fingerprint density at radius 2 is 1.76 bits per heavy atom. The zero-order valence-electron chi connectivity index (χ0n) is 15.1. The first-order valence-electron chi connectivity index (χ1n) is 8.64. The second-order valence-corrected chi connectivity index (χ2v) is 7.39. The van der Waals surface area contributed by atoms with Crippen LogP contribution in [0.3, 0.4) is 0 Å². The molecule has 146 valence electrons. The van der Waals surface area contributed by atoms with Gasteiger partial charge in [-0.05, 0) is 48.0 Å². The number of nitrogens with one attached hydrogen (secondary N) is 1. The molecule has 0 fully saturated rings. The van der Waals surface area contributed by atoms with Gasteiger partial charge in [-0.3, -0.25) is 4.79 Å². The van der Waals surface area contributed by atoms with E-state index in [0.717, 1.165) is 10.0 Å². The van der Waals surface area contributed by atoms with Crippen LogP contribution in [0.5, 0.6) is 5.75 Å². The van der Waals surface area contributed by atoms with E-state index in [4.69, 9.17) is 16.3 Å². The second kappa shape index (κ2) is 10.0. The molecule has 5 nitrogen and oxygen atoms in total. The predicted molar refractivity (Wildman–Crippen MR) is 116 cm³/mol. The molecule has 0 aliphatic carbocycles. The summed E-state index contributed by atoms with van der Waals surface area (Å²) in [4.78, 5) is 24.4. The number of rotatable bonds is 6. The van der Waals surface area contributed by atoms with E-state index in [0.29, 0.717) is 21.9 Å². The number of carbonyl (C=O) groups is 2. The van der Waals surface area contributed by atoms with Crippen molar-refractivity contribution in [3.05, 3.63) is 99.0 Å². The highest BCUT2D eigenvalue weighted by Crippen LogP contribution is 2.23. The van der Waals surface area contributed by atoms with Crippen molar-refractivity contribution in [1.82, 2.24) is 5.43 Å². The molecule has 0 radical (unpaired) electrons. The summed E-state index contributed by atoms with van der Waals surface area (Å²) in [7, 11) is 0. The molecule has 3 aromatic rings. The van der Waals surface area contributed by atoms with Gasteiger partial charge in [-0.15, -0.1) is 0 Å². The number of halogens is 2. The van der Waals surface area contributed by atoms with Gasteiger partial charge in [0, 0.05) is 15.1 Å². The molecule has 7 heteroatoms. The summed E-state index contributed by atoms with van der Waals surface area (Å²) in [6, 6.07) is 20.9. The number of amides is 1. The van der Waals surface area contributed by atoms with Gasteiger partial charge in [0.25, 0.3) is 0 Å². The highest BCUT2D eigenvalue weighted by Gasteiger charge is 2.12. The smallest absolute Gasteiger partial charge is 0.343 e. The highest BCUT2D eigenvalue weighted by molar-refractivity contribution is 9.10. The van der Waals surface area contributed by atoms with E-state index >= 15 is 0 Å². The van der Waals surface area contributed by atoms with E-state index in [1.807, 2.05) is 30.3 Å². The summed E-state index contributed by atoms with van der Waals surface area (Å²) < 4.78 is 6.25. The molecule has 0 atom stereocenters. The van der Waals surface area contributed by atoms with Gasteiger partial charge in [0.05, 0.1) is 18.2 Å². The highest BCUT2D eigenvalue weighted by atomic mass is 79.9. The van der Waals surface area contributed by atoms with Crippen LogP contribution in [-0.2, 0) is 11.2 Å². The van der Waals surface area contributed by atoms with Gasteiger partial charge in [-0.2, -0.15) is 5.10 Å². The molecule has 1 N–H and O–H groups in total. The lowest BCUT2D eigenvalue weighted by Crippen LogP contribution is -2.19. The molecule has 0 saturated carbocycles. The van der Waals surface area contributed by atoms with Crippen LogP contribution in [0.2, 0.25) is 5.02 Å². The summed E-state index contributed by atoms with van der Waals surface area (Å²) in [6.45, 7) is 0. The molecule has 29 heavy (non-hydrogen) atoms. The Morgan fingerprint density at radius 3 is 2.48 bits per heavy atom. The summed E-state index contributed by atoms with van der Waals surface area (Å²) in [6.07, 6.45) is 1.65. The van der Waals surface area contributed by atoms with Crippen LogP contribution in [0, 0.1) is 0 Å². The summed E-state index contributed by atoms with van der Waals surface area (Å²) in [5, 5.41) is 4.51. The summed E-state index contributed by atoms with van der Waals surface area (Å²) in [5.74, 6) is -0.455. The van der Waals surface area contributed by atoms with Crippen molar-refractivity contribution in [2.75, 3.05) is 0 Å².